The maximum absolute atomic E-state index is 12.6. The molecule has 152 valence electrons. The molecule has 0 fully saturated rings. The average Bonchev–Trinajstić information content (AvgIpc) is 3.09. The lowest BCUT2D eigenvalue weighted by Crippen LogP contribution is -3.14. The Morgan fingerprint density at radius 1 is 1.14 bits per heavy atom. The van der Waals surface area contributed by atoms with Crippen LogP contribution in [0.25, 0.3) is 11.3 Å². The third-order valence-corrected chi connectivity index (χ3v) is 4.62. The first-order valence-electron chi connectivity index (χ1n) is 9.50. The standard InChI is InChI=1S/C21H28ClN3O3/c1-5-25(13-20(26)23-15(2)3)14-21(27)24(4)12-18-10-11-19(28-18)16-6-8-17(22)9-7-16/h6-11,15H,5,12-14H2,1-4H3,(H,23,26)/p+1. The van der Waals surface area contributed by atoms with Gasteiger partial charge in [0.05, 0.1) is 13.1 Å². The lowest BCUT2D eigenvalue weighted by molar-refractivity contribution is -0.882. The molecular formula is C21H29ClN3O3+. The van der Waals surface area contributed by atoms with Crippen LogP contribution in [0.4, 0.5) is 0 Å². The zero-order chi connectivity index (χ0) is 20.7. The molecule has 1 aromatic carbocycles. The van der Waals surface area contributed by atoms with Crippen LogP contribution in [0, 0.1) is 0 Å². The van der Waals surface area contributed by atoms with E-state index in [0.717, 1.165) is 16.2 Å². The van der Waals surface area contributed by atoms with Crippen molar-refractivity contribution < 1.29 is 18.9 Å². The van der Waals surface area contributed by atoms with Crippen LogP contribution in [0.15, 0.2) is 40.8 Å². The Hall–Kier alpha value is -2.31. The van der Waals surface area contributed by atoms with Gasteiger partial charge in [-0.25, -0.2) is 0 Å². The predicted octanol–water partition coefficient (Wildman–Crippen LogP) is 1.99. The van der Waals surface area contributed by atoms with Gasteiger partial charge >= 0.3 is 0 Å². The van der Waals surface area contributed by atoms with Gasteiger partial charge in [0.2, 0.25) is 0 Å². The molecule has 0 aliphatic carbocycles. The Labute approximate surface area is 171 Å². The third-order valence-electron chi connectivity index (χ3n) is 4.37. The van der Waals surface area contributed by atoms with Gasteiger partial charge in [0.15, 0.2) is 13.1 Å². The van der Waals surface area contributed by atoms with Crippen LogP contribution < -0.4 is 10.2 Å². The summed E-state index contributed by atoms with van der Waals surface area (Å²) in [5.74, 6) is 1.37. The fraction of sp³-hybridized carbons (Fsp3) is 0.429. The van der Waals surface area contributed by atoms with Crippen molar-refractivity contribution in [1.82, 2.24) is 10.2 Å². The van der Waals surface area contributed by atoms with Crippen molar-refractivity contribution in [3.63, 3.8) is 0 Å². The van der Waals surface area contributed by atoms with E-state index in [0.29, 0.717) is 23.9 Å². The van der Waals surface area contributed by atoms with Crippen molar-refractivity contribution in [2.24, 2.45) is 0 Å². The minimum Gasteiger partial charge on any atom is -0.459 e. The third kappa shape index (κ3) is 6.69. The fourth-order valence-electron chi connectivity index (χ4n) is 2.82. The van der Waals surface area contributed by atoms with E-state index in [9.17, 15) is 9.59 Å². The molecule has 1 unspecified atom stereocenters. The van der Waals surface area contributed by atoms with E-state index in [4.69, 9.17) is 16.0 Å². The molecule has 0 spiro atoms. The van der Waals surface area contributed by atoms with Crippen LogP contribution in [0.1, 0.15) is 26.5 Å². The summed E-state index contributed by atoms with van der Waals surface area (Å²) in [6.07, 6.45) is 0. The number of rotatable bonds is 9. The van der Waals surface area contributed by atoms with Gasteiger partial charge in [-0.2, -0.15) is 0 Å². The monoisotopic (exact) mass is 406 g/mol. The zero-order valence-electron chi connectivity index (χ0n) is 16.9. The van der Waals surface area contributed by atoms with E-state index in [-0.39, 0.29) is 30.9 Å². The molecule has 0 bridgehead atoms. The molecule has 2 amide bonds. The second-order valence-electron chi connectivity index (χ2n) is 7.20. The van der Waals surface area contributed by atoms with Gasteiger partial charge in [-0.1, -0.05) is 11.6 Å². The quantitative estimate of drug-likeness (QED) is 0.669. The Morgan fingerprint density at radius 3 is 2.43 bits per heavy atom. The Morgan fingerprint density at radius 2 is 1.82 bits per heavy atom. The smallest absolute Gasteiger partial charge is 0.277 e. The lowest BCUT2D eigenvalue weighted by atomic mass is 10.2. The van der Waals surface area contributed by atoms with Crippen LogP contribution in [0.5, 0.6) is 0 Å². The van der Waals surface area contributed by atoms with Crippen molar-refractivity contribution >= 4 is 23.4 Å². The van der Waals surface area contributed by atoms with Gasteiger partial charge in [-0.05, 0) is 57.2 Å². The van der Waals surface area contributed by atoms with Crippen LogP contribution in [-0.4, -0.2) is 49.4 Å². The number of carbonyl (C=O) groups is 2. The van der Waals surface area contributed by atoms with Gasteiger partial charge < -0.3 is 19.5 Å². The molecule has 2 aromatic rings. The van der Waals surface area contributed by atoms with Crippen molar-refractivity contribution in [3.05, 3.63) is 47.2 Å². The SMILES string of the molecule is CC[NH+](CC(=O)NC(C)C)CC(=O)N(C)Cc1ccc(-c2ccc(Cl)cc2)o1. The average molecular weight is 407 g/mol. The van der Waals surface area contributed by atoms with Crippen LogP contribution in [0.2, 0.25) is 5.02 Å². The zero-order valence-corrected chi connectivity index (χ0v) is 17.7. The highest BCUT2D eigenvalue weighted by Gasteiger charge is 2.20. The number of hydrogen-bond acceptors (Lipinski definition) is 3. The molecule has 1 aromatic heterocycles. The number of carbonyl (C=O) groups excluding carboxylic acids is 2. The summed E-state index contributed by atoms with van der Waals surface area (Å²) in [5.41, 5.74) is 0.933. The fourth-order valence-corrected chi connectivity index (χ4v) is 2.94. The number of furan rings is 1. The van der Waals surface area contributed by atoms with Gasteiger partial charge in [0.1, 0.15) is 11.5 Å². The van der Waals surface area contributed by atoms with Crippen LogP contribution >= 0.6 is 11.6 Å². The highest BCUT2D eigenvalue weighted by molar-refractivity contribution is 6.30. The Bertz CT molecular complexity index is 786. The molecule has 2 rings (SSSR count). The second kappa shape index (κ2) is 10.3. The molecule has 0 radical (unpaired) electrons. The molecule has 0 saturated heterocycles. The summed E-state index contributed by atoms with van der Waals surface area (Å²) >= 11 is 5.92. The van der Waals surface area contributed by atoms with E-state index in [1.54, 1.807) is 11.9 Å². The van der Waals surface area contributed by atoms with Crippen molar-refractivity contribution in [2.75, 3.05) is 26.7 Å². The van der Waals surface area contributed by atoms with E-state index in [1.807, 2.05) is 57.2 Å². The molecule has 6 nitrogen and oxygen atoms in total. The highest BCUT2D eigenvalue weighted by atomic mass is 35.5. The van der Waals surface area contributed by atoms with Crippen molar-refractivity contribution in [1.29, 1.82) is 0 Å². The number of nitrogens with one attached hydrogen (secondary N) is 2. The Kier molecular flexibility index (Phi) is 8.08. The van der Waals surface area contributed by atoms with Crippen molar-refractivity contribution in [2.45, 2.75) is 33.4 Å². The normalized spacial score (nSPS) is 12.1. The topological polar surface area (TPSA) is 67.0 Å². The summed E-state index contributed by atoms with van der Waals surface area (Å²) in [6, 6.07) is 11.3. The summed E-state index contributed by atoms with van der Waals surface area (Å²) in [5, 5.41) is 3.54. The molecule has 28 heavy (non-hydrogen) atoms. The van der Waals surface area contributed by atoms with Gasteiger partial charge in [-0.15, -0.1) is 0 Å². The number of likely N-dealkylation sites (N-methyl/N-ethyl adjacent to an activating group) is 2. The lowest BCUT2D eigenvalue weighted by Gasteiger charge is -2.21. The molecule has 0 aliphatic heterocycles. The maximum atomic E-state index is 12.6. The predicted molar refractivity (Wildman–Crippen MR) is 110 cm³/mol. The van der Waals surface area contributed by atoms with E-state index < -0.39 is 0 Å². The van der Waals surface area contributed by atoms with Gasteiger partial charge in [0.25, 0.3) is 11.8 Å². The van der Waals surface area contributed by atoms with E-state index in [1.165, 1.54) is 0 Å². The summed E-state index contributed by atoms with van der Waals surface area (Å²) in [4.78, 5) is 27.0. The van der Waals surface area contributed by atoms with Crippen LogP contribution in [0.3, 0.4) is 0 Å². The molecule has 0 aliphatic rings. The number of quaternary nitrogens is 1. The van der Waals surface area contributed by atoms with Gasteiger partial charge in [-0.3, -0.25) is 9.59 Å². The molecule has 7 heteroatoms. The number of hydrogen-bond donors (Lipinski definition) is 2. The van der Waals surface area contributed by atoms with Crippen LogP contribution in [-0.2, 0) is 16.1 Å². The Balaban J connectivity index is 1.91. The summed E-state index contributed by atoms with van der Waals surface area (Å²) in [6.45, 7) is 7.44. The summed E-state index contributed by atoms with van der Waals surface area (Å²) < 4.78 is 5.86. The molecule has 1 heterocycles. The first-order chi connectivity index (χ1) is 13.3. The minimum absolute atomic E-state index is 0.0290. The first-order valence-corrected chi connectivity index (χ1v) is 9.87. The maximum Gasteiger partial charge on any atom is 0.277 e. The van der Waals surface area contributed by atoms with E-state index in [2.05, 4.69) is 5.32 Å². The largest absolute Gasteiger partial charge is 0.459 e. The second-order valence-corrected chi connectivity index (χ2v) is 7.64. The number of amides is 2. The molecule has 0 saturated carbocycles. The number of benzene rings is 1. The molecular weight excluding hydrogens is 378 g/mol. The van der Waals surface area contributed by atoms with Crippen molar-refractivity contribution in [3.8, 4) is 11.3 Å². The minimum atomic E-state index is -0.0408. The van der Waals surface area contributed by atoms with Gasteiger partial charge in [0, 0.05) is 23.7 Å². The summed E-state index contributed by atoms with van der Waals surface area (Å²) in [7, 11) is 1.74. The number of nitrogens with zero attached hydrogens (tertiary/aromatic N) is 1. The first kappa shape index (κ1) is 22.0. The number of halogens is 1. The highest BCUT2D eigenvalue weighted by Crippen LogP contribution is 2.24. The molecule has 2 N–H and O–H groups in total. The molecule has 1 atom stereocenters. The van der Waals surface area contributed by atoms with E-state index >= 15 is 0 Å².